The van der Waals surface area contributed by atoms with Gasteiger partial charge in [-0.05, 0) is 49.7 Å². The Balaban J connectivity index is 1.63. The summed E-state index contributed by atoms with van der Waals surface area (Å²) in [7, 11) is -3.14. The van der Waals surface area contributed by atoms with Crippen molar-refractivity contribution in [2.45, 2.75) is 25.9 Å². The van der Waals surface area contributed by atoms with Gasteiger partial charge in [0.1, 0.15) is 11.5 Å². The van der Waals surface area contributed by atoms with Gasteiger partial charge in [-0.3, -0.25) is 4.79 Å². The summed E-state index contributed by atoms with van der Waals surface area (Å²) in [5.41, 5.74) is 2.36. The van der Waals surface area contributed by atoms with Crippen LogP contribution in [0.15, 0.2) is 65.1 Å². The van der Waals surface area contributed by atoms with Crippen LogP contribution in [0.5, 0.6) is 0 Å². The maximum Gasteiger partial charge on any atom is 0.254 e. The van der Waals surface area contributed by atoms with Crippen molar-refractivity contribution in [3.63, 3.8) is 0 Å². The third-order valence-electron chi connectivity index (χ3n) is 5.27. The van der Waals surface area contributed by atoms with Gasteiger partial charge < -0.3 is 9.32 Å². The van der Waals surface area contributed by atoms with Gasteiger partial charge in [-0.1, -0.05) is 41.4 Å². The molecule has 0 bridgehead atoms. The molecule has 30 heavy (non-hydrogen) atoms. The van der Waals surface area contributed by atoms with Crippen LogP contribution in [0.3, 0.4) is 0 Å². The maximum absolute atomic E-state index is 13.3. The summed E-state index contributed by atoms with van der Waals surface area (Å²) >= 11 is 6.07. The zero-order chi connectivity index (χ0) is 21.3. The number of nitrogens with zero attached hydrogens (tertiary/aromatic N) is 1. The van der Waals surface area contributed by atoms with E-state index in [0.717, 1.165) is 11.1 Å². The normalized spacial score (nSPS) is 17.7. The van der Waals surface area contributed by atoms with Gasteiger partial charge in [-0.2, -0.15) is 0 Å². The Hall–Kier alpha value is -2.57. The Labute approximate surface area is 181 Å². The van der Waals surface area contributed by atoms with E-state index in [1.807, 2.05) is 55.5 Å². The summed E-state index contributed by atoms with van der Waals surface area (Å²) in [4.78, 5) is 14.9. The van der Waals surface area contributed by atoms with Crippen molar-refractivity contribution in [3.8, 4) is 11.3 Å². The lowest BCUT2D eigenvalue weighted by Gasteiger charge is -2.27. The largest absolute Gasteiger partial charge is 0.459 e. The Morgan fingerprint density at radius 2 is 1.93 bits per heavy atom. The molecule has 1 aliphatic heterocycles. The fourth-order valence-electron chi connectivity index (χ4n) is 3.76. The maximum atomic E-state index is 13.3. The number of rotatable bonds is 5. The first-order chi connectivity index (χ1) is 14.3. The fraction of sp³-hybridized carbons (Fsp3) is 0.261. The van der Waals surface area contributed by atoms with Crippen molar-refractivity contribution in [3.05, 3.63) is 82.6 Å². The SMILES string of the molecule is Cc1cccc(C(=O)N(Cc2ccc(-c3cccc(Cl)c3)o2)[C@H]2CCS(=O)(=O)C2)c1. The number of carbonyl (C=O) groups is 1. The molecule has 1 aromatic heterocycles. The number of sulfone groups is 1. The molecule has 1 saturated heterocycles. The molecule has 0 saturated carbocycles. The van der Waals surface area contributed by atoms with E-state index in [9.17, 15) is 13.2 Å². The number of halogens is 1. The Bertz CT molecular complexity index is 1190. The van der Waals surface area contributed by atoms with Crippen LogP contribution in [0, 0.1) is 6.92 Å². The van der Waals surface area contributed by atoms with Gasteiger partial charge in [0.15, 0.2) is 9.84 Å². The van der Waals surface area contributed by atoms with E-state index in [1.165, 1.54) is 0 Å². The summed E-state index contributed by atoms with van der Waals surface area (Å²) in [5.74, 6) is 1.12. The molecule has 0 aliphatic carbocycles. The Morgan fingerprint density at radius 1 is 1.13 bits per heavy atom. The zero-order valence-corrected chi connectivity index (χ0v) is 18.1. The summed E-state index contributed by atoms with van der Waals surface area (Å²) in [5, 5.41) is 0.609. The van der Waals surface area contributed by atoms with Gasteiger partial charge in [0.05, 0.1) is 18.1 Å². The molecule has 7 heteroatoms. The summed E-state index contributed by atoms with van der Waals surface area (Å²) in [6, 6.07) is 17.9. The summed E-state index contributed by atoms with van der Waals surface area (Å²) in [6.07, 6.45) is 0.432. The first kappa shape index (κ1) is 20.7. The Morgan fingerprint density at radius 3 is 2.63 bits per heavy atom. The first-order valence-corrected chi connectivity index (χ1v) is 11.9. The molecule has 2 aromatic carbocycles. The van der Waals surface area contributed by atoms with Crippen LogP contribution in [-0.2, 0) is 16.4 Å². The Kier molecular flexibility index (Phi) is 5.71. The average Bonchev–Trinajstić information content (AvgIpc) is 3.32. The highest BCUT2D eigenvalue weighted by Crippen LogP contribution is 2.27. The minimum Gasteiger partial charge on any atom is -0.459 e. The molecule has 1 aliphatic rings. The molecular weight excluding hydrogens is 422 g/mol. The topological polar surface area (TPSA) is 67.6 Å². The first-order valence-electron chi connectivity index (χ1n) is 9.73. The van der Waals surface area contributed by atoms with Crippen molar-refractivity contribution < 1.29 is 17.6 Å². The van der Waals surface area contributed by atoms with Gasteiger partial charge >= 0.3 is 0 Å². The second-order valence-electron chi connectivity index (χ2n) is 7.64. The van der Waals surface area contributed by atoms with E-state index in [0.29, 0.717) is 28.5 Å². The molecule has 1 atom stereocenters. The van der Waals surface area contributed by atoms with E-state index in [2.05, 4.69) is 0 Å². The predicted molar refractivity (Wildman–Crippen MR) is 117 cm³/mol. The molecule has 1 fully saturated rings. The van der Waals surface area contributed by atoms with Crippen molar-refractivity contribution in [2.75, 3.05) is 11.5 Å². The second-order valence-corrected chi connectivity index (χ2v) is 10.3. The quantitative estimate of drug-likeness (QED) is 0.571. The monoisotopic (exact) mass is 443 g/mol. The minimum atomic E-state index is -3.14. The van der Waals surface area contributed by atoms with Gasteiger partial charge in [-0.15, -0.1) is 0 Å². The molecule has 0 unspecified atom stereocenters. The highest BCUT2D eigenvalue weighted by atomic mass is 35.5. The average molecular weight is 444 g/mol. The van der Waals surface area contributed by atoms with Crippen LogP contribution in [0.25, 0.3) is 11.3 Å². The third-order valence-corrected chi connectivity index (χ3v) is 7.26. The van der Waals surface area contributed by atoms with Crippen LogP contribution in [0.4, 0.5) is 0 Å². The molecule has 1 amide bonds. The van der Waals surface area contributed by atoms with Crippen molar-refractivity contribution in [1.29, 1.82) is 0 Å². The summed E-state index contributed by atoms with van der Waals surface area (Å²) < 4.78 is 30.1. The number of carbonyl (C=O) groups excluding carboxylic acids is 1. The van der Waals surface area contributed by atoms with E-state index in [4.69, 9.17) is 16.0 Å². The van der Waals surface area contributed by atoms with Crippen LogP contribution in [0.2, 0.25) is 5.02 Å². The van der Waals surface area contributed by atoms with Crippen molar-refractivity contribution in [2.24, 2.45) is 0 Å². The summed E-state index contributed by atoms with van der Waals surface area (Å²) in [6.45, 7) is 2.12. The molecule has 5 nitrogen and oxygen atoms in total. The van der Waals surface area contributed by atoms with Gasteiger partial charge in [-0.25, -0.2) is 8.42 Å². The van der Waals surface area contributed by atoms with E-state index >= 15 is 0 Å². The van der Waals surface area contributed by atoms with Crippen molar-refractivity contribution >= 4 is 27.3 Å². The molecule has 0 N–H and O–H groups in total. The lowest BCUT2D eigenvalue weighted by molar-refractivity contribution is 0.0666. The third kappa shape index (κ3) is 4.60. The van der Waals surface area contributed by atoms with Crippen LogP contribution < -0.4 is 0 Å². The molecule has 0 spiro atoms. The molecule has 4 rings (SSSR count). The predicted octanol–water partition coefficient (Wildman–Crippen LogP) is 4.74. The van der Waals surface area contributed by atoms with E-state index < -0.39 is 9.84 Å². The lowest BCUT2D eigenvalue weighted by Crippen LogP contribution is -2.40. The standard InChI is InChI=1S/C23H22ClNO4S/c1-16-4-2-6-18(12-16)23(26)25(20-10-11-30(27,28)15-20)14-21-8-9-22(29-21)17-5-3-7-19(24)13-17/h2-9,12-13,20H,10-11,14-15H2,1H3/t20-/m0/s1. The lowest BCUT2D eigenvalue weighted by atomic mass is 10.1. The van der Waals surface area contributed by atoms with Gasteiger partial charge in [0.2, 0.25) is 0 Å². The van der Waals surface area contributed by atoms with E-state index in [1.54, 1.807) is 17.0 Å². The molecule has 2 heterocycles. The minimum absolute atomic E-state index is 0.0214. The number of hydrogen-bond acceptors (Lipinski definition) is 4. The van der Waals surface area contributed by atoms with Crippen LogP contribution in [-0.4, -0.2) is 36.8 Å². The van der Waals surface area contributed by atoms with E-state index in [-0.39, 0.29) is 30.0 Å². The number of furan rings is 1. The zero-order valence-electron chi connectivity index (χ0n) is 16.5. The van der Waals surface area contributed by atoms with Gasteiger partial charge in [0, 0.05) is 22.2 Å². The van der Waals surface area contributed by atoms with Gasteiger partial charge in [0.25, 0.3) is 5.91 Å². The van der Waals surface area contributed by atoms with Crippen LogP contribution >= 0.6 is 11.6 Å². The highest BCUT2D eigenvalue weighted by molar-refractivity contribution is 7.91. The number of amides is 1. The smallest absolute Gasteiger partial charge is 0.254 e. The molecule has 3 aromatic rings. The number of aryl methyl sites for hydroxylation is 1. The fourth-order valence-corrected chi connectivity index (χ4v) is 5.68. The number of hydrogen-bond donors (Lipinski definition) is 0. The van der Waals surface area contributed by atoms with Crippen LogP contribution in [0.1, 0.15) is 28.1 Å². The number of benzene rings is 2. The second kappa shape index (κ2) is 8.28. The van der Waals surface area contributed by atoms with Crippen molar-refractivity contribution in [1.82, 2.24) is 4.90 Å². The highest BCUT2D eigenvalue weighted by Gasteiger charge is 2.35. The molecular formula is C23H22ClNO4S. The molecule has 156 valence electrons. The molecule has 0 radical (unpaired) electrons.